The number of nitrogens with two attached hydrogens (primary N) is 1. The summed E-state index contributed by atoms with van der Waals surface area (Å²) in [6.45, 7) is 0.972. The predicted octanol–water partition coefficient (Wildman–Crippen LogP) is 1.76. The van der Waals surface area contributed by atoms with Crippen molar-refractivity contribution < 1.29 is 4.79 Å². The zero-order valence-corrected chi connectivity index (χ0v) is 11.1. The Balaban J connectivity index is 1.59. The van der Waals surface area contributed by atoms with Crippen LogP contribution < -0.4 is 5.73 Å². The van der Waals surface area contributed by atoms with E-state index in [2.05, 4.69) is 4.90 Å². The van der Waals surface area contributed by atoms with Crippen LogP contribution in [0, 0.1) is 23.7 Å². The van der Waals surface area contributed by atoms with Crippen molar-refractivity contribution in [1.29, 1.82) is 0 Å². The van der Waals surface area contributed by atoms with Gasteiger partial charge in [0.25, 0.3) is 0 Å². The molecule has 1 saturated heterocycles. The summed E-state index contributed by atoms with van der Waals surface area (Å²) in [5.41, 5.74) is 5.97. The van der Waals surface area contributed by atoms with Crippen LogP contribution in [0.1, 0.15) is 44.9 Å². The normalized spacial score (nSPS) is 50.9. The maximum atomic E-state index is 12.3. The number of carbonyl (C=O) groups is 1. The van der Waals surface area contributed by atoms with Crippen molar-refractivity contribution in [2.24, 2.45) is 29.4 Å². The van der Waals surface area contributed by atoms with Gasteiger partial charge >= 0.3 is 0 Å². The van der Waals surface area contributed by atoms with Gasteiger partial charge in [-0.2, -0.15) is 0 Å². The van der Waals surface area contributed by atoms with Crippen LogP contribution in [-0.2, 0) is 4.79 Å². The summed E-state index contributed by atoms with van der Waals surface area (Å²) in [4.78, 5) is 14.5. The van der Waals surface area contributed by atoms with E-state index in [-0.39, 0.29) is 11.9 Å². The van der Waals surface area contributed by atoms with Gasteiger partial charge in [0, 0.05) is 12.6 Å². The smallest absolute Gasteiger partial charge is 0.239 e. The molecule has 1 amide bonds. The summed E-state index contributed by atoms with van der Waals surface area (Å²) < 4.78 is 0. The van der Waals surface area contributed by atoms with Gasteiger partial charge in [-0.05, 0) is 68.6 Å². The number of nitrogens with zero attached hydrogens (tertiary/aromatic N) is 1. The monoisotopic (exact) mass is 248 g/mol. The summed E-state index contributed by atoms with van der Waals surface area (Å²) in [6.07, 6.45) is 9.02. The number of carbonyl (C=O) groups excluding carboxylic acids is 1. The third-order valence-corrected chi connectivity index (χ3v) is 6.05. The van der Waals surface area contributed by atoms with Gasteiger partial charge in [-0.3, -0.25) is 4.79 Å². The molecule has 0 aromatic rings. The van der Waals surface area contributed by atoms with Gasteiger partial charge in [0.2, 0.25) is 5.91 Å². The van der Waals surface area contributed by atoms with Crippen LogP contribution in [0.5, 0.6) is 0 Å². The molecule has 3 nitrogen and oxygen atoms in total. The Morgan fingerprint density at radius 3 is 2.22 bits per heavy atom. The van der Waals surface area contributed by atoms with Crippen LogP contribution in [-0.4, -0.2) is 29.4 Å². The first-order chi connectivity index (χ1) is 8.72. The number of piperidine rings is 1. The Kier molecular flexibility index (Phi) is 2.48. The van der Waals surface area contributed by atoms with E-state index in [1.165, 1.54) is 32.1 Å². The lowest BCUT2D eigenvalue weighted by Gasteiger charge is -2.58. The van der Waals surface area contributed by atoms with Crippen LogP contribution in [0.15, 0.2) is 0 Å². The van der Waals surface area contributed by atoms with E-state index in [1.54, 1.807) is 0 Å². The molecule has 4 saturated carbocycles. The molecule has 5 rings (SSSR count). The Morgan fingerprint density at radius 2 is 1.61 bits per heavy atom. The maximum Gasteiger partial charge on any atom is 0.239 e. The van der Waals surface area contributed by atoms with Gasteiger partial charge in [0.05, 0.1) is 6.04 Å². The molecule has 0 radical (unpaired) electrons. The summed E-state index contributed by atoms with van der Waals surface area (Å²) >= 11 is 0. The van der Waals surface area contributed by atoms with Crippen LogP contribution in [0.4, 0.5) is 0 Å². The summed E-state index contributed by atoms with van der Waals surface area (Å²) in [5, 5.41) is 0. The van der Waals surface area contributed by atoms with Gasteiger partial charge < -0.3 is 10.6 Å². The molecule has 1 atom stereocenters. The molecule has 4 aliphatic carbocycles. The number of rotatable bonds is 1. The van der Waals surface area contributed by atoms with Gasteiger partial charge in [-0.1, -0.05) is 0 Å². The van der Waals surface area contributed by atoms with Crippen LogP contribution in [0.25, 0.3) is 0 Å². The maximum absolute atomic E-state index is 12.3. The third kappa shape index (κ3) is 1.56. The van der Waals surface area contributed by atoms with Crippen molar-refractivity contribution in [3.63, 3.8) is 0 Å². The van der Waals surface area contributed by atoms with E-state index in [0.717, 1.165) is 43.1 Å². The van der Waals surface area contributed by atoms with Gasteiger partial charge in [0.1, 0.15) is 0 Å². The fourth-order valence-electron chi connectivity index (χ4n) is 5.63. The summed E-state index contributed by atoms with van der Waals surface area (Å²) in [5.74, 6) is 3.82. The molecule has 0 aromatic heterocycles. The lowest BCUT2D eigenvalue weighted by atomic mass is 9.53. The average molecular weight is 248 g/mol. The second-order valence-electron chi connectivity index (χ2n) is 7.20. The number of hydrogen-bond donors (Lipinski definition) is 1. The molecule has 0 spiro atoms. The fourth-order valence-corrected chi connectivity index (χ4v) is 5.63. The average Bonchev–Trinajstić information content (AvgIpc) is 2.33. The Bertz CT molecular complexity index is 340. The van der Waals surface area contributed by atoms with Crippen molar-refractivity contribution in [2.45, 2.75) is 57.0 Å². The molecular formula is C15H24N2O. The highest BCUT2D eigenvalue weighted by molar-refractivity contribution is 5.82. The van der Waals surface area contributed by atoms with E-state index in [1.807, 2.05) is 0 Å². The van der Waals surface area contributed by atoms with Crippen molar-refractivity contribution in [2.75, 3.05) is 6.54 Å². The second-order valence-corrected chi connectivity index (χ2v) is 7.20. The van der Waals surface area contributed by atoms with Gasteiger partial charge in [-0.25, -0.2) is 0 Å². The van der Waals surface area contributed by atoms with Gasteiger partial charge in [-0.15, -0.1) is 0 Å². The molecule has 4 bridgehead atoms. The van der Waals surface area contributed by atoms with Crippen LogP contribution >= 0.6 is 0 Å². The molecule has 18 heavy (non-hydrogen) atoms. The first-order valence-corrected chi connectivity index (χ1v) is 7.78. The topological polar surface area (TPSA) is 46.3 Å². The van der Waals surface area contributed by atoms with Crippen molar-refractivity contribution in [3.8, 4) is 0 Å². The van der Waals surface area contributed by atoms with E-state index in [0.29, 0.717) is 6.04 Å². The molecule has 5 aliphatic rings. The van der Waals surface area contributed by atoms with Crippen molar-refractivity contribution in [3.05, 3.63) is 0 Å². The number of likely N-dealkylation sites (tertiary alicyclic amines) is 1. The van der Waals surface area contributed by atoms with Crippen molar-refractivity contribution in [1.82, 2.24) is 4.90 Å². The highest BCUT2D eigenvalue weighted by atomic mass is 16.2. The van der Waals surface area contributed by atoms with E-state index < -0.39 is 0 Å². The summed E-state index contributed by atoms with van der Waals surface area (Å²) in [6, 6.07) is 0.340. The number of amides is 1. The van der Waals surface area contributed by atoms with Crippen LogP contribution in [0.3, 0.4) is 0 Å². The Labute approximate surface area is 109 Å². The molecule has 100 valence electrons. The lowest BCUT2D eigenvalue weighted by Crippen LogP contribution is -2.61. The predicted molar refractivity (Wildman–Crippen MR) is 69.8 cm³/mol. The largest absolute Gasteiger partial charge is 0.338 e. The minimum absolute atomic E-state index is 0.212. The first-order valence-electron chi connectivity index (χ1n) is 7.78. The fraction of sp³-hybridized carbons (Fsp3) is 0.933. The van der Waals surface area contributed by atoms with Gasteiger partial charge in [0.15, 0.2) is 0 Å². The second kappa shape index (κ2) is 3.96. The van der Waals surface area contributed by atoms with E-state index in [4.69, 9.17) is 5.73 Å². The molecule has 1 aliphatic heterocycles. The summed E-state index contributed by atoms with van der Waals surface area (Å²) in [7, 11) is 0. The van der Waals surface area contributed by atoms with E-state index in [9.17, 15) is 4.79 Å². The first kappa shape index (κ1) is 11.3. The Morgan fingerprint density at radius 1 is 1.00 bits per heavy atom. The highest BCUT2D eigenvalue weighted by Crippen LogP contribution is 2.55. The highest BCUT2D eigenvalue weighted by Gasteiger charge is 2.51. The molecule has 1 heterocycles. The molecule has 5 fully saturated rings. The lowest BCUT2D eigenvalue weighted by molar-refractivity contribution is -0.148. The molecule has 1 unspecified atom stereocenters. The Hall–Kier alpha value is -0.570. The SMILES string of the molecule is NC1CCCN(C2C3CC4CC(C3)CC2C4)C1=O. The van der Waals surface area contributed by atoms with Crippen molar-refractivity contribution >= 4 is 5.91 Å². The van der Waals surface area contributed by atoms with E-state index >= 15 is 0 Å². The molecule has 2 N–H and O–H groups in total. The number of hydrogen-bond acceptors (Lipinski definition) is 2. The minimum atomic E-state index is -0.212. The molecule has 3 heteroatoms. The minimum Gasteiger partial charge on any atom is -0.338 e. The molecular weight excluding hydrogens is 224 g/mol. The third-order valence-electron chi connectivity index (χ3n) is 6.05. The quantitative estimate of drug-likeness (QED) is 0.768. The molecule has 0 aromatic carbocycles. The zero-order valence-electron chi connectivity index (χ0n) is 11.1. The zero-order chi connectivity index (χ0) is 12.3. The van der Waals surface area contributed by atoms with Crippen LogP contribution in [0.2, 0.25) is 0 Å². The standard InChI is InChI=1S/C15H24N2O/c16-13-2-1-3-17(15(13)18)14-11-5-9-4-10(7-11)8-12(14)6-9/h9-14H,1-8,16H2.